The van der Waals surface area contributed by atoms with Crippen molar-refractivity contribution in [3.05, 3.63) is 12.3 Å². The highest BCUT2D eigenvalue weighted by Crippen LogP contribution is 2.24. The van der Waals surface area contributed by atoms with E-state index in [0.29, 0.717) is 6.54 Å². The number of nitrogens with zero attached hydrogens (tertiary/aromatic N) is 4. The number of hydrogen-bond acceptors (Lipinski definition) is 5. The van der Waals surface area contributed by atoms with Crippen molar-refractivity contribution in [3.63, 3.8) is 0 Å². The Morgan fingerprint density at radius 3 is 2.67 bits per heavy atom. The second-order valence-corrected chi connectivity index (χ2v) is 5.89. The van der Waals surface area contributed by atoms with Gasteiger partial charge in [0.05, 0.1) is 5.92 Å². The van der Waals surface area contributed by atoms with Gasteiger partial charge < -0.3 is 14.9 Å². The van der Waals surface area contributed by atoms with Gasteiger partial charge in [-0.15, -0.1) is 0 Å². The molecule has 2 aliphatic heterocycles. The summed E-state index contributed by atoms with van der Waals surface area (Å²) in [6.45, 7) is 3.45. The van der Waals surface area contributed by atoms with E-state index < -0.39 is 5.97 Å². The number of hydrogen-bond donors (Lipinski definition) is 1. The van der Waals surface area contributed by atoms with Gasteiger partial charge in [-0.2, -0.15) is 4.98 Å². The molecule has 6 heteroatoms. The first-order valence-corrected chi connectivity index (χ1v) is 7.80. The lowest BCUT2D eigenvalue weighted by Crippen LogP contribution is -2.39. The van der Waals surface area contributed by atoms with Crippen LogP contribution in [0.25, 0.3) is 0 Å². The summed E-state index contributed by atoms with van der Waals surface area (Å²) in [6.07, 6.45) is 7.12. The summed E-state index contributed by atoms with van der Waals surface area (Å²) in [5.41, 5.74) is 0. The Morgan fingerprint density at radius 1 is 1.14 bits per heavy atom. The summed E-state index contributed by atoms with van der Waals surface area (Å²) in [4.78, 5) is 24.5. The van der Waals surface area contributed by atoms with Crippen molar-refractivity contribution in [2.75, 3.05) is 36.0 Å². The first-order chi connectivity index (χ1) is 10.2. The molecule has 0 saturated carbocycles. The van der Waals surface area contributed by atoms with E-state index in [1.165, 1.54) is 19.3 Å². The molecule has 2 aliphatic rings. The molecule has 0 bridgehead atoms. The fourth-order valence-electron chi connectivity index (χ4n) is 3.15. The number of anilines is 2. The Hall–Kier alpha value is -1.85. The van der Waals surface area contributed by atoms with Crippen LogP contribution in [0.2, 0.25) is 0 Å². The molecule has 1 atom stereocenters. The van der Waals surface area contributed by atoms with Crippen LogP contribution in [0.1, 0.15) is 32.1 Å². The fourth-order valence-corrected chi connectivity index (χ4v) is 3.15. The maximum atomic E-state index is 11.2. The van der Waals surface area contributed by atoms with E-state index in [4.69, 9.17) is 0 Å². The molecule has 1 aromatic heterocycles. The van der Waals surface area contributed by atoms with Gasteiger partial charge in [-0.3, -0.25) is 4.79 Å². The Balaban J connectivity index is 1.74. The number of carbonyl (C=O) groups is 1. The zero-order valence-electron chi connectivity index (χ0n) is 12.2. The summed E-state index contributed by atoms with van der Waals surface area (Å²) >= 11 is 0. The number of rotatable bonds is 3. The van der Waals surface area contributed by atoms with Gasteiger partial charge in [0.1, 0.15) is 5.82 Å². The summed E-state index contributed by atoms with van der Waals surface area (Å²) in [7, 11) is 0. The number of aromatic nitrogens is 2. The molecule has 6 nitrogen and oxygen atoms in total. The lowest BCUT2D eigenvalue weighted by Gasteiger charge is -2.32. The van der Waals surface area contributed by atoms with Gasteiger partial charge in [0.25, 0.3) is 0 Å². The predicted molar refractivity (Wildman–Crippen MR) is 80.7 cm³/mol. The minimum absolute atomic E-state index is 0.285. The number of aliphatic carboxylic acids is 1. The van der Waals surface area contributed by atoms with E-state index in [0.717, 1.165) is 44.2 Å². The van der Waals surface area contributed by atoms with E-state index >= 15 is 0 Å². The third-order valence-corrected chi connectivity index (χ3v) is 4.36. The Bertz CT molecular complexity index is 502. The first-order valence-electron chi connectivity index (χ1n) is 7.80. The highest BCUT2D eigenvalue weighted by molar-refractivity contribution is 5.71. The molecule has 21 heavy (non-hydrogen) atoms. The van der Waals surface area contributed by atoms with E-state index in [1.807, 2.05) is 6.07 Å². The van der Waals surface area contributed by atoms with Crippen molar-refractivity contribution >= 4 is 17.7 Å². The van der Waals surface area contributed by atoms with Gasteiger partial charge in [0.2, 0.25) is 5.95 Å². The maximum absolute atomic E-state index is 11.2. The molecule has 0 aromatic carbocycles. The molecular weight excluding hydrogens is 268 g/mol. The van der Waals surface area contributed by atoms with Gasteiger partial charge in [-0.05, 0) is 38.2 Å². The van der Waals surface area contributed by atoms with Crippen LogP contribution in [0.15, 0.2) is 12.3 Å². The van der Waals surface area contributed by atoms with Gasteiger partial charge >= 0.3 is 5.97 Å². The Morgan fingerprint density at radius 2 is 1.90 bits per heavy atom. The Kier molecular flexibility index (Phi) is 4.22. The fraction of sp³-hybridized carbons (Fsp3) is 0.667. The van der Waals surface area contributed by atoms with Crippen molar-refractivity contribution < 1.29 is 9.90 Å². The van der Waals surface area contributed by atoms with Gasteiger partial charge in [0.15, 0.2) is 0 Å². The van der Waals surface area contributed by atoms with Crippen molar-refractivity contribution in [2.45, 2.75) is 32.1 Å². The van der Waals surface area contributed by atoms with Crippen molar-refractivity contribution in [2.24, 2.45) is 5.92 Å². The topological polar surface area (TPSA) is 69.6 Å². The zero-order chi connectivity index (χ0) is 14.7. The zero-order valence-corrected chi connectivity index (χ0v) is 12.2. The SMILES string of the molecule is O=C(O)C1CCCN(c2ccnc(N3CCCCC3)n2)C1. The molecule has 1 N–H and O–H groups in total. The minimum Gasteiger partial charge on any atom is -0.481 e. The van der Waals surface area contributed by atoms with Crippen LogP contribution in [0.5, 0.6) is 0 Å². The smallest absolute Gasteiger partial charge is 0.308 e. The molecule has 0 spiro atoms. The van der Waals surface area contributed by atoms with Gasteiger partial charge in [-0.1, -0.05) is 0 Å². The molecule has 2 saturated heterocycles. The maximum Gasteiger partial charge on any atom is 0.308 e. The average molecular weight is 290 g/mol. The molecule has 3 rings (SSSR count). The summed E-state index contributed by atoms with van der Waals surface area (Å²) in [5, 5.41) is 9.19. The van der Waals surface area contributed by atoms with Crippen LogP contribution < -0.4 is 9.80 Å². The van der Waals surface area contributed by atoms with E-state index in [-0.39, 0.29) is 5.92 Å². The molecule has 0 aliphatic carbocycles. The number of piperidine rings is 2. The average Bonchev–Trinajstić information content (AvgIpc) is 2.56. The van der Waals surface area contributed by atoms with Crippen LogP contribution in [0, 0.1) is 5.92 Å². The van der Waals surface area contributed by atoms with Crippen molar-refractivity contribution in [1.29, 1.82) is 0 Å². The molecule has 1 unspecified atom stereocenters. The van der Waals surface area contributed by atoms with Gasteiger partial charge in [0, 0.05) is 32.4 Å². The van der Waals surface area contributed by atoms with E-state index in [1.54, 1.807) is 6.20 Å². The number of carboxylic acids is 1. The van der Waals surface area contributed by atoms with Crippen LogP contribution >= 0.6 is 0 Å². The molecule has 1 aromatic rings. The van der Waals surface area contributed by atoms with Crippen molar-refractivity contribution in [1.82, 2.24) is 9.97 Å². The largest absolute Gasteiger partial charge is 0.481 e. The van der Waals surface area contributed by atoms with Crippen LogP contribution in [0.4, 0.5) is 11.8 Å². The normalized spacial score (nSPS) is 23.1. The molecule has 0 amide bonds. The monoisotopic (exact) mass is 290 g/mol. The van der Waals surface area contributed by atoms with E-state index in [2.05, 4.69) is 19.8 Å². The summed E-state index contributed by atoms with van der Waals surface area (Å²) in [6, 6.07) is 1.89. The molecule has 114 valence electrons. The summed E-state index contributed by atoms with van der Waals surface area (Å²) in [5.74, 6) is 0.651. The summed E-state index contributed by atoms with van der Waals surface area (Å²) < 4.78 is 0. The van der Waals surface area contributed by atoms with Crippen LogP contribution in [-0.2, 0) is 4.79 Å². The molecule has 3 heterocycles. The highest BCUT2D eigenvalue weighted by Gasteiger charge is 2.26. The molecule has 0 radical (unpaired) electrons. The van der Waals surface area contributed by atoms with Crippen molar-refractivity contribution in [3.8, 4) is 0 Å². The quantitative estimate of drug-likeness (QED) is 0.915. The van der Waals surface area contributed by atoms with Crippen LogP contribution in [0.3, 0.4) is 0 Å². The lowest BCUT2D eigenvalue weighted by atomic mass is 9.98. The van der Waals surface area contributed by atoms with E-state index in [9.17, 15) is 9.90 Å². The van der Waals surface area contributed by atoms with Crippen LogP contribution in [-0.4, -0.2) is 47.2 Å². The Labute approximate surface area is 124 Å². The van der Waals surface area contributed by atoms with Gasteiger partial charge in [-0.25, -0.2) is 4.98 Å². The predicted octanol–water partition coefficient (Wildman–Crippen LogP) is 1.77. The third kappa shape index (κ3) is 3.25. The lowest BCUT2D eigenvalue weighted by molar-refractivity contribution is -0.141. The minimum atomic E-state index is -0.704. The second kappa shape index (κ2) is 6.28. The first kappa shape index (κ1) is 14.1. The molecular formula is C15H22N4O2. The molecule has 2 fully saturated rings. The number of carboxylic acid groups (broad SMARTS) is 1. The highest BCUT2D eigenvalue weighted by atomic mass is 16.4. The standard InChI is InChI=1S/C15H22N4O2/c20-14(21)12-5-4-10-19(11-12)13-6-7-16-15(17-13)18-8-2-1-3-9-18/h6-7,12H,1-5,8-11H2,(H,20,21). The second-order valence-electron chi connectivity index (χ2n) is 5.89. The third-order valence-electron chi connectivity index (χ3n) is 4.36.